The van der Waals surface area contributed by atoms with Crippen molar-refractivity contribution >= 4 is 28.1 Å². The molecule has 1 heterocycles. The summed E-state index contributed by atoms with van der Waals surface area (Å²) in [6.07, 6.45) is 1.55. The predicted octanol–water partition coefficient (Wildman–Crippen LogP) is 4.53. The number of anilines is 1. The maximum atomic E-state index is 12.5. The molecule has 0 saturated heterocycles. The number of hydrogen-bond donors (Lipinski definition) is 1. The van der Waals surface area contributed by atoms with Gasteiger partial charge in [-0.05, 0) is 35.0 Å². The van der Waals surface area contributed by atoms with Crippen LogP contribution in [0, 0.1) is 0 Å². The lowest BCUT2D eigenvalue weighted by molar-refractivity contribution is 0.333. The monoisotopic (exact) mass is 391 g/mol. The van der Waals surface area contributed by atoms with Crippen LogP contribution in [-0.4, -0.2) is 22.9 Å². The number of nitrogens with zero attached hydrogens (tertiary/aromatic N) is 2. The third-order valence-electron chi connectivity index (χ3n) is 4.33. The highest BCUT2D eigenvalue weighted by atomic mass is 35.5. The predicted molar refractivity (Wildman–Crippen MR) is 113 cm³/mol. The molecule has 0 saturated carbocycles. The molecule has 5 nitrogen and oxygen atoms in total. The second-order valence-corrected chi connectivity index (χ2v) is 6.59. The number of aromatic nitrogens is 2. The Morgan fingerprint density at radius 3 is 2.54 bits per heavy atom. The van der Waals surface area contributed by atoms with E-state index in [4.69, 9.17) is 16.3 Å². The first-order valence-electron chi connectivity index (χ1n) is 8.91. The summed E-state index contributed by atoms with van der Waals surface area (Å²) in [4.78, 5) is 12.5. The average Bonchev–Trinajstić information content (AvgIpc) is 2.74. The highest BCUT2D eigenvalue weighted by Gasteiger charge is 2.10. The minimum atomic E-state index is -0.367. The zero-order valence-corrected chi connectivity index (χ0v) is 15.8. The van der Waals surface area contributed by atoms with E-state index in [1.54, 1.807) is 18.3 Å². The van der Waals surface area contributed by atoms with Crippen molar-refractivity contribution < 1.29 is 4.74 Å². The van der Waals surface area contributed by atoms with Crippen molar-refractivity contribution in [2.45, 2.75) is 0 Å². The van der Waals surface area contributed by atoms with E-state index in [0.717, 1.165) is 11.1 Å². The van der Waals surface area contributed by atoms with Gasteiger partial charge in [0.25, 0.3) is 5.56 Å². The molecule has 0 radical (unpaired) electrons. The average molecular weight is 392 g/mol. The summed E-state index contributed by atoms with van der Waals surface area (Å²) in [5.74, 6) is 0.796. The normalized spacial score (nSPS) is 10.8. The van der Waals surface area contributed by atoms with E-state index < -0.39 is 0 Å². The number of halogens is 1. The van der Waals surface area contributed by atoms with Crippen LogP contribution >= 0.6 is 11.6 Å². The lowest BCUT2D eigenvalue weighted by Crippen LogP contribution is -2.23. The van der Waals surface area contributed by atoms with Crippen LogP contribution in [0.2, 0.25) is 5.02 Å². The van der Waals surface area contributed by atoms with E-state index in [1.807, 2.05) is 54.6 Å². The minimum absolute atomic E-state index is 0.101. The van der Waals surface area contributed by atoms with E-state index >= 15 is 0 Å². The molecule has 4 rings (SSSR count). The Labute approximate surface area is 167 Å². The van der Waals surface area contributed by atoms with Crippen LogP contribution in [0.5, 0.6) is 5.75 Å². The summed E-state index contributed by atoms with van der Waals surface area (Å²) in [7, 11) is 0. The lowest BCUT2D eigenvalue weighted by Gasteiger charge is -2.11. The van der Waals surface area contributed by atoms with Crippen LogP contribution in [0.4, 0.5) is 5.69 Å². The van der Waals surface area contributed by atoms with Gasteiger partial charge in [0.15, 0.2) is 0 Å². The van der Waals surface area contributed by atoms with E-state index in [0.29, 0.717) is 24.5 Å². The summed E-state index contributed by atoms with van der Waals surface area (Å²) in [5.41, 5.74) is 0.787. The molecule has 140 valence electrons. The third kappa shape index (κ3) is 3.85. The van der Waals surface area contributed by atoms with Gasteiger partial charge in [-0.15, -0.1) is 0 Å². The Bertz CT molecular complexity index is 1160. The van der Waals surface area contributed by atoms with Gasteiger partial charge in [-0.2, -0.15) is 9.78 Å². The number of rotatable bonds is 6. The molecule has 28 heavy (non-hydrogen) atoms. The molecular formula is C22H18ClN3O2. The highest BCUT2D eigenvalue weighted by molar-refractivity contribution is 6.32. The fourth-order valence-electron chi connectivity index (χ4n) is 2.92. The molecule has 0 amide bonds. The molecule has 0 bridgehead atoms. The number of benzene rings is 3. The first kappa shape index (κ1) is 18.1. The Hall–Kier alpha value is -3.31. The largest absolute Gasteiger partial charge is 0.492 e. The van der Waals surface area contributed by atoms with Crippen molar-refractivity contribution in [3.63, 3.8) is 0 Å². The summed E-state index contributed by atoms with van der Waals surface area (Å²) in [6, 6.07) is 23.3. The molecule has 0 fully saturated rings. The van der Waals surface area contributed by atoms with Crippen molar-refractivity contribution in [2.24, 2.45) is 0 Å². The van der Waals surface area contributed by atoms with E-state index in [-0.39, 0.29) is 10.6 Å². The second-order valence-electron chi connectivity index (χ2n) is 6.21. The highest BCUT2D eigenvalue weighted by Crippen LogP contribution is 2.21. The molecule has 0 aliphatic rings. The number of hydrogen-bond acceptors (Lipinski definition) is 4. The Morgan fingerprint density at radius 2 is 1.71 bits per heavy atom. The Kier molecular flexibility index (Phi) is 5.26. The Morgan fingerprint density at radius 1 is 0.964 bits per heavy atom. The van der Waals surface area contributed by atoms with Crippen LogP contribution in [0.15, 0.2) is 83.8 Å². The van der Waals surface area contributed by atoms with Gasteiger partial charge in [0.2, 0.25) is 0 Å². The van der Waals surface area contributed by atoms with Crippen LogP contribution in [0.1, 0.15) is 0 Å². The van der Waals surface area contributed by atoms with Crippen LogP contribution < -0.4 is 15.6 Å². The molecule has 6 heteroatoms. The van der Waals surface area contributed by atoms with Gasteiger partial charge in [-0.1, -0.05) is 60.1 Å². The van der Waals surface area contributed by atoms with Gasteiger partial charge in [0, 0.05) is 6.54 Å². The van der Waals surface area contributed by atoms with Gasteiger partial charge in [0.05, 0.1) is 17.6 Å². The van der Waals surface area contributed by atoms with Crippen molar-refractivity contribution in [3.8, 4) is 11.4 Å². The summed E-state index contributed by atoms with van der Waals surface area (Å²) in [6.45, 7) is 0.916. The molecule has 4 aromatic rings. The zero-order chi connectivity index (χ0) is 19.3. The number of nitrogens with one attached hydrogen (secondary N) is 1. The first-order chi connectivity index (χ1) is 13.7. The first-order valence-corrected chi connectivity index (χ1v) is 9.29. The van der Waals surface area contributed by atoms with Crippen molar-refractivity contribution in [1.29, 1.82) is 0 Å². The smallest absolute Gasteiger partial charge is 0.292 e. The molecule has 0 spiro atoms. The van der Waals surface area contributed by atoms with Gasteiger partial charge in [0.1, 0.15) is 17.4 Å². The van der Waals surface area contributed by atoms with Crippen LogP contribution in [0.25, 0.3) is 16.5 Å². The summed E-state index contributed by atoms with van der Waals surface area (Å²) < 4.78 is 7.07. The molecule has 1 aromatic heterocycles. The third-order valence-corrected chi connectivity index (χ3v) is 4.69. The SMILES string of the molecule is O=c1c(Cl)c(NCCOc2ccc3ccccc3c2)cnn1-c1ccccc1. The Balaban J connectivity index is 1.39. The van der Waals surface area contributed by atoms with E-state index in [2.05, 4.69) is 16.5 Å². The standard InChI is InChI=1S/C22H18ClN3O2/c23-21-20(15-25-26(22(21)27)18-8-2-1-3-9-18)24-12-13-28-19-11-10-16-6-4-5-7-17(16)14-19/h1-11,14-15,24H,12-13H2. The van der Waals surface area contributed by atoms with Crippen LogP contribution in [0.3, 0.4) is 0 Å². The minimum Gasteiger partial charge on any atom is -0.492 e. The number of para-hydroxylation sites is 1. The maximum absolute atomic E-state index is 12.5. The van der Waals surface area contributed by atoms with Crippen molar-refractivity contribution in [1.82, 2.24) is 9.78 Å². The maximum Gasteiger partial charge on any atom is 0.292 e. The van der Waals surface area contributed by atoms with Gasteiger partial charge < -0.3 is 10.1 Å². The van der Waals surface area contributed by atoms with E-state index in [9.17, 15) is 4.79 Å². The molecule has 0 aliphatic heterocycles. The lowest BCUT2D eigenvalue weighted by atomic mass is 10.1. The fourth-order valence-corrected chi connectivity index (χ4v) is 3.12. The summed E-state index contributed by atoms with van der Waals surface area (Å²) in [5, 5.41) is 9.71. The molecule has 0 atom stereocenters. The quantitative estimate of drug-likeness (QED) is 0.490. The number of fused-ring (bicyclic) bond motifs is 1. The van der Waals surface area contributed by atoms with Crippen molar-refractivity contribution in [3.05, 3.63) is 94.4 Å². The number of ether oxygens (including phenoxy) is 1. The van der Waals surface area contributed by atoms with Gasteiger partial charge >= 0.3 is 0 Å². The van der Waals surface area contributed by atoms with Crippen LogP contribution in [-0.2, 0) is 0 Å². The van der Waals surface area contributed by atoms with Gasteiger partial charge in [-0.25, -0.2) is 0 Å². The molecule has 3 aromatic carbocycles. The molecule has 1 N–H and O–H groups in total. The molecule has 0 aliphatic carbocycles. The fraction of sp³-hybridized carbons (Fsp3) is 0.0909. The molecular weight excluding hydrogens is 374 g/mol. The zero-order valence-electron chi connectivity index (χ0n) is 15.0. The summed E-state index contributed by atoms with van der Waals surface area (Å²) >= 11 is 6.23. The molecule has 0 unspecified atom stereocenters. The van der Waals surface area contributed by atoms with E-state index in [1.165, 1.54) is 10.1 Å². The van der Waals surface area contributed by atoms with Gasteiger partial charge in [-0.3, -0.25) is 4.79 Å². The topological polar surface area (TPSA) is 56.1 Å². The van der Waals surface area contributed by atoms with Crippen molar-refractivity contribution in [2.75, 3.05) is 18.5 Å². The second kappa shape index (κ2) is 8.15.